The molecule has 12 rings (SSSR count). The number of para-hydroxylation sites is 2. The van der Waals surface area contributed by atoms with Gasteiger partial charge in [-0.05, 0) is 98.1 Å². The van der Waals surface area contributed by atoms with Gasteiger partial charge < -0.3 is 4.90 Å². The molecule has 2 aliphatic carbocycles. The minimum Gasteiger partial charge on any atom is -0.310 e. The fourth-order valence-electron chi connectivity index (χ4n) is 9.90. The van der Waals surface area contributed by atoms with E-state index >= 15 is 0 Å². The van der Waals surface area contributed by atoms with Gasteiger partial charge in [-0.3, -0.25) is 0 Å². The zero-order chi connectivity index (χ0) is 36.1. The topological polar surface area (TPSA) is 3.24 Å². The first-order valence-electron chi connectivity index (χ1n) is 19.0. The van der Waals surface area contributed by atoms with Gasteiger partial charge in [0.1, 0.15) is 0 Å². The number of fused-ring (bicyclic) bond motifs is 15. The average Bonchev–Trinajstić information content (AvgIpc) is 3.89. The van der Waals surface area contributed by atoms with Crippen LogP contribution in [0, 0.1) is 0 Å². The number of nitrogens with zero attached hydrogens (tertiary/aromatic N) is 1. The average molecular weight is 716 g/mol. The molecule has 1 spiro atoms. The highest BCUT2D eigenvalue weighted by Crippen LogP contribution is 2.63. The maximum Gasteiger partial charge on any atom is 0.0725 e. The van der Waals surface area contributed by atoms with Crippen LogP contribution in [0.1, 0.15) is 22.3 Å². The summed E-state index contributed by atoms with van der Waals surface area (Å²) in [6.45, 7) is 0. The predicted octanol–water partition coefficient (Wildman–Crippen LogP) is 14.7. The summed E-state index contributed by atoms with van der Waals surface area (Å²) in [6.07, 6.45) is 0. The molecule has 0 radical (unpaired) electrons. The maximum atomic E-state index is 2.52. The van der Waals surface area contributed by atoms with Crippen LogP contribution in [0.2, 0.25) is 0 Å². The van der Waals surface area contributed by atoms with Crippen LogP contribution >= 0.6 is 11.3 Å². The fraction of sp³-hybridized carbons (Fsp3) is 0.0189. The second kappa shape index (κ2) is 11.6. The van der Waals surface area contributed by atoms with Crippen LogP contribution in [0.5, 0.6) is 0 Å². The third kappa shape index (κ3) is 4.18. The third-order valence-corrected chi connectivity index (χ3v) is 13.3. The Morgan fingerprint density at radius 2 is 0.873 bits per heavy atom. The summed E-state index contributed by atoms with van der Waals surface area (Å²) in [7, 11) is 0. The van der Waals surface area contributed by atoms with E-state index in [1.165, 1.54) is 92.3 Å². The van der Waals surface area contributed by atoms with E-state index in [0.717, 1.165) is 11.4 Å². The summed E-state index contributed by atoms with van der Waals surface area (Å²) in [5.41, 5.74) is 16.4. The molecule has 0 aliphatic heterocycles. The molecule has 0 unspecified atom stereocenters. The van der Waals surface area contributed by atoms with Crippen LogP contribution in [-0.2, 0) is 5.41 Å². The first-order chi connectivity index (χ1) is 27.3. The van der Waals surface area contributed by atoms with Crippen LogP contribution in [0.25, 0.3) is 64.3 Å². The monoisotopic (exact) mass is 715 g/mol. The molecule has 0 atom stereocenters. The molecule has 0 amide bonds. The molecule has 256 valence electrons. The summed E-state index contributed by atoms with van der Waals surface area (Å²) >= 11 is 1.91. The van der Waals surface area contributed by atoms with Crippen LogP contribution < -0.4 is 4.90 Å². The molecule has 1 nitrogen and oxygen atoms in total. The minimum absolute atomic E-state index is 0.380. The Balaban J connectivity index is 1.15. The molecule has 2 heteroatoms. The number of rotatable bonds is 4. The van der Waals surface area contributed by atoms with Gasteiger partial charge in [-0.2, -0.15) is 0 Å². The molecular weight excluding hydrogens is 683 g/mol. The van der Waals surface area contributed by atoms with Crippen molar-refractivity contribution < 1.29 is 0 Å². The molecular formula is C53H33NS. The van der Waals surface area contributed by atoms with Crippen molar-refractivity contribution in [3.8, 4) is 33.4 Å². The Bertz CT molecular complexity index is 3050. The summed E-state index contributed by atoms with van der Waals surface area (Å²) in [5.74, 6) is 0. The van der Waals surface area contributed by atoms with Crippen molar-refractivity contribution in [2.24, 2.45) is 0 Å². The van der Waals surface area contributed by atoms with Gasteiger partial charge in [0, 0.05) is 42.3 Å². The van der Waals surface area contributed by atoms with Crippen molar-refractivity contribution in [3.05, 3.63) is 222 Å². The lowest BCUT2D eigenvalue weighted by Crippen LogP contribution is -2.25. The third-order valence-electron chi connectivity index (χ3n) is 12.1. The normalized spacial score (nSPS) is 13.2. The smallest absolute Gasteiger partial charge is 0.0725 e. The lowest BCUT2D eigenvalue weighted by molar-refractivity contribution is 0.794. The second-order valence-corrected chi connectivity index (χ2v) is 15.8. The second-order valence-electron chi connectivity index (χ2n) is 14.8. The zero-order valence-electron chi connectivity index (χ0n) is 29.9. The van der Waals surface area contributed by atoms with Gasteiger partial charge in [-0.15, -0.1) is 11.3 Å². The Morgan fingerprint density at radius 3 is 1.49 bits per heavy atom. The molecule has 55 heavy (non-hydrogen) atoms. The summed E-state index contributed by atoms with van der Waals surface area (Å²) in [4.78, 5) is 2.42. The van der Waals surface area contributed by atoms with Gasteiger partial charge in [0.25, 0.3) is 0 Å². The zero-order valence-corrected chi connectivity index (χ0v) is 30.7. The first-order valence-corrected chi connectivity index (χ1v) is 19.8. The van der Waals surface area contributed by atoms with Crippen LogP contribution in [0.4, 0.5) is 17.1 Å². The van der Waals surface area contributed by atoms with Crippen molar-refractivity contribution in [2.45, 2.75) is 5.41 Å². The number of anilines is 3. The highest BCUT2D eigenvalue weighted by molar-refractivity contribution is 7.26. The Labute approximate surface area is 324 Å². The van der Waals surface area contributed by atoms with E-state index in [1.807, 2.05) is 11.3 Å². The highest BCUT2D eigenvalue weighted by Gasteiger charge is 2.51. The van der Waals surface area contributed by atoms with E-state index < -0.39 is 0 Å². The van der Waals surface area contributed by atoms with E-state index in [1.54, 1.807) is 0 Å². The molecule has 0 saturated heterocycles. The maximum absolute atomic E-state index is 2.52. The Kier molecular flexibility index (Phi) is 6.49. The van der Waals surface area contributed by atoms with Gasteiger partial charge >= 0.3 is 0 Å². The van der Waals surface area contributed by atoms with Crippen molar-refractivity contribution in [1.29, 1.82) is 0 Å². The van der Waals surface area contributed by atoms with Crippen molar-refractivity contribution in [1.82, 2.24) is 0 Å². The van der Waals surface area contributed by atoms with Gasteiger partial charge in [0.15, 0.2) is 0 Å². The largest absolute Gasteiger partial charge is 0.310 e. The van der Waals surface area contributed by atoms with Crippen molar-refractivity contribution in [2.75, 3.05) is 4.90 Å². The van der Waals surface area contributed by atoms with Gasteiger partial charge in [-0.25, -0.2) is 0 Å². The number of hydrogen-bond donors (Lipinski definition) is 0. The van der Waals surface area contributed by atoms with Crippen LogP contribution in [0.15, 0.2) is 200 Å². The molecule has 2 aliphatic rings. The van der Waals surface area contributed by atoms with E-state index in [-0.39, 0.29) is 5.41 Å². The SMILES string of the molecule is c1ccc(N(c2ccccc2)c2cc3c(sc4cccc(-c5ccc6c(c5)C5(c7ccccc7-c7ccccc75)c5ccccc5-6)c43)c3ccccc23)cc1. The predicted molar refractivity (Wildman–Crippen MR) is 233 cm³/mol. The Morgan fingerprint density at radius 1 is 0.364 bits per heavy atom. The molecule has 0 fully saturated rings. The van der Waals surface area contributed by atoms with Crippen molar-refractivity contribution in [3.63, 3.8) is 0 Å². The Hall–Kier alpha value is -6.74. The van der Waals surface area contributed by atoms with E-state index in [4.69, 9.17) is 0 Å². The molecule has 1 heterocycles. The number of benzene rings is 9. The molecule has 0 bridgehead atoms. The molecule has 0 N–H and O–H groups in total. The molecule has 0 saturated carbocycles. The number of thiophene rings is 1. The lowest BCUT2D eigenvalue weighted by atomic mass is 9.70. The van der Waals surface area contributed by atoms with E-state index in [9.17, 15) is 0 Å². The standard InChI is InChI=1S/C53H33NS/c1-3-16-35(17-4-1)54(36-18-5-2-6-19-36)49-33-44-51-37(25-15-29-50(51)55-52(44)43-24-8-7-23-42(43)49)34-30-31-41-40-22-11-14-28-47(40)53(48(41)32-34)45-26-12-9-20-38(45)39-21-10-13-27-46(39)53/h1-33H. The molecule has 1 aromatic heterocycles. The van der Waals surface area contributed by atoms with E-state index in [0.29, 0.717) is 0 Å². The lowest BCUT2D eigenvalue weighted by Gasteiger charge is -2.30. The first kappa shape index (κ1) is 30.7. The van der Waals surface area contributed by atoms with Gasteiger partial charge in [0.05, 0.1) is 11.1 Å². The van der Waals surface area contributed by atoms with Crippen molar-refractivity contribution >= 4 is 59.3 Å². The van der Waals surface area contributed by atoms with Crippen LogP contribution in [0.3, 0.4) is 0 Å². The fourth-order valence-corrected chi connectivity index (χ4v) is 11.1. The molecule has 10 aromatic rings. The highest BCUT2D eigenvalue weighted by atomic mass is 32.1. The minimum atomic E-state index is -0.380. The summed E-state index contributed by atoms with van der Waals surface area (Å²) in [5, 5.41) is 5.12. The van der Waals surface area contributed by atoms with Crippen LogP contribution in [-0.4, -0.2) is 0 Å². The number of hydrogen-bond acceptors (Lipinski definition) is 2. The summed E-state index contributed by atoms with van der Waals surface area (Å²) < 4.78 is 2.63. The van der Waals surface area contributed by atoms with Gasteiger partial charge in [-0.1, -0.05) is 158 Å². The summed E-state index contributed by atoms with van der Waals surface area (Å²) in [6, 6.07) is 74.3. The quantitative estimate of drug-likeness (QED) is 0.175. The van der Waals surface area contributed by atoms with E-state index in [2.05, 4.69) is 205 Å². The molecule has 9 aromatic carbocycles. The van der Waals surface area contributed by atoms with Gasteiger partial charge in [0.2, 0.25) is 0 Å².